The number of piperidine rings is 1. The molecule has 1 aliphatic heterocycles. The predicted octanol–water partition coefficient (Wildman–Crippen LogP) is 2.26. The minimum absolute atomic E-state index is 0.248. The fraction of sp³-hybridized carbons (Fsp3) is 0.389. The molecular formula is C18H21N5O3S. The Kier molecular flexibility index (Phi) is 4.56. The van der Waals surface area contributed by atoms with Crippen LogP contribution in [-0.4, -0.2) is 47.5 Å². The average Bonchev–Trinajstić information content (AvgIpc) is 3.06. The van der Waals surface area contributed by atoms with E-state index in [4.69, 9.17) is 4.74 Å². The van der Waals surface area contributed by atoms with Gasteiger partial charge in [-0.05, 0) is 57.1 Å². The van der Waals surface area contributed by atoms with Crippen molar-refractivity contribution in [3.63, 3.8) is 0 Å². The predicted molar refractivity (Wildman–Crippen MR) is 101 cm³/mol. The van der Waals surface area contributed by atoms with E-state index in [1.165, 1.54) is 18.4 Å². The van der Waals surface area contributed by atoms with Gasteiger partial charge in [-0.15, -0.1) is 0 Å². The monoisotopic (exact) mass is 387 g/mol. The van der Waals surface area contributed by atoms with E-state index in [1.807, 2.05) is 11.6 Å². The summed E-state index contributed by atoms with van der Waals surface area (Å²) in [6.45, 7) is 3.75. The molecule has 3 heterocycles. The zero-order chi connectivity index (χ0) is 19.0. The molecule has 2 aromatic heterocycles. The van der Waals surface area contributed by atoms with Crippen LogP contribution >= 0.6 is 0 Å². The van der Waals surface area contributed by atoms with Crippen LogP contribution in [0.3, 0.4) is 0 Å². The van der Waals surface area contributed by atoms with Crippen molar-refractivity contribution in [1.82, 2.24) is 25.1 Å². The van der Waals surface area contributed by atoms with Gasteiger partial charge in [0.1, 0.15) is 17.0 Å². The first-order chi connectivity index (χ1) is 12.9. The van der Waals surface area contributed by atoms with Crippen molar-refractivity contribution in [2.24, 2.45) is 0 Å². The van der Waals surface area contributed by atoms with Crippen LogP contribution in [0.5, 0.6) is 11.6 Å². The molecule has 0 unspecified atom stereocenters. The summed E-state index contributed by atoms with van der Waals surface area (Å²) in [4.78, 5) is 9.23. The second-order valence-electron chi connectivity index (χ2n) is 6.73. The fourth-order valence-electron chi connectivity index (χ4n) is 3.27. The number of nitrogens with zero attached hydrogens (tertiary/aromatic N) is 4. The number of aryl methyl sites for hydroxylation is 1. The molecule has 27 heavy (non-hydrogen) atoms. The summed E-state index contributed by atoms with van der Waals surface area (Å²) < 4.78 is 31.1. The Balaban J connectivity index is 1.68. The van der Waals surface area contributed by atoms with Crippen molar-refractivity contribution >= 4 is 20.9 Å². The van der Waals surface area contributed by atoms with Crippen LogP contribution in [0.25, 0.3) is 11.0 Å². The van der Waals surface area contributed by atoms with E-state index in [2.05, 4.69) is 20.4 Å². The minimum Gasteiger partial charge on any atom is -0.438 e. The summed E-state index contributed by atoms with van der Waals surface area (Å²) in [6, 6.07) is 6.59. The maximum Gasteiger partial charge on any atom is 0.233 e. The number of benzene rings is 1. The third-order valence-corrected chi connectivity index (χ3v) is 5.78. The zero-order valence-electron chi connectivity index (χ0n) is 15.2. The summed E-state index contributed by atoms with van der Waals surface area (Å²) in [5.41, 5.74) is 0.761. The van der Waals surface area contributed by atoms with E-state index >= 15 is 0 Å². The number of aromatic nitrogens is 4. The van der Waals surface area contributed by atoms with Crippen LogP contribution in [0, 0.1) is 6.92 Å². The maximum absolute atomic E-state index is 11.6. The lowest BCUT2D eigenvalue weighted by atomic mass is 10.1. The topological polar surface area (TPSA) is 99.0 Å². The van der Waals surface area contributed by atoms with Gasteiger partial charge in [0.2, 0.25) is 5.88 Å². The van der Waals surface area contributed by atoms with Crippen molar-refractivity contribution in [1.29, 1.82) is 0 Å². The maximum atomic E-state index is 11.6. The molecule has 0 amide bonds. The molecule has 0 saturated carbocycles. The highest BCUT2D eigenvalue weighted by Crippen LogP contribution is 2.30. The minimum atomic E-state index is -3.24. The highest BCUT2D eigenvalue weighted by atomic mass is 32.2. The Hall–Kier alpha value is -2.52. The molecule has 1 aromatic carbocycles. The first-order valence-electron chi connectivity index (χ1n) is 8.82. The average molecular weight is 387 g/mol. The van der Waals surface area contributed by atoms with Gasteiger partial charge in [0.05, 0.1) is 17.1 Å². The molecule has 1 fully saturated rings. The number of hydrogen-bond donors (Lipinski definition) is 1. The van der Waals surface area contributed by atoms with Crippen LogP contribution in [0.2, 0.25) is 0 Å². The molecule has 1 aliphatic rings. The van der Waals surface area contributed by atoms with E-state index in [0.717, 1.165) is 37.0 Å². The number of ether oxygens (including phenoxy) is 1. The zero-order valence-corrected chi connectivity index (χ0v) is 16.0. The van der Waals surface area contributed by atoms with Gasteiger partial charge in [-0.3, -0.25) is 0 Å². The van der Waals surface area contributed by atoms with Gasteiger partial charge in [-0.25, -0.2) is 18.1 Å². The molecule has 0 aliphatic carbocycles. The molecule has 0 radical (unpaired) electrons. The highest BCUT2D eigenvalue weighted by Gasteiger charge is 2.21. The quantitative estimate of drug-likeness (QED) is 0.733. The van der Waals surface area contributed by atoms with Crippen LogP contribution in [0.4, 0.5) is 0 Å². The smallest absolute Gasteiger partial charge is 0.233 e. The molecule has 3 aromatic rings. The summed E-state index contributed by atoms with van der Waals surface area (Å²) in [5, 5.41) is 8.63. The molecule has 0 spiro atoms. The number of hydrogen-bond acceptors (Lipinski definition) is 7. The summed E-state index contributed by atoms with van der Waals surface area (Å²) in [6.07, 6.45) is 4.91. The standard InChI is InChI=1S/C18H21N5O3S/c1-12-21-17-16(11-20-23(17)13-7-9-19-10-8-13)18(22-12)26-14-3-5-15(6-4-14)27(2,24)25/h3-6,11,13,19H,7-10H2,1-2H3. The van der Waals surface area contributed by atoms with E-state index < -0.39 is 9.84 Å². The van der Waals surface area contributed by atoms with Crippen molar-refractivity contribution in [3.05, 3.63) is 36.3 Å². The Bertz CT molecular complexity index is 1070. The van der Waals surface area contributed by atoms with E-state index in [1.54, 1.807) is 18.3 Å². The van der Waals surface area contributed by atoms with E-state index in [-0.39, 0.29) is 4.90 Å². The fourth-order valence-corrected chi connectivity index (χ4v) is 3.90. The Morgan fingerprint density at radius 3 is 2.52 bits per heavy atom. The van der Waals surface area contributed by atoms with Crippen LogP contribution in [0.15, 0.2) is 35.4 Å². The van der Waals surface area contributed by atoms with Crippen molar-refractivity contribution in [2.75, 3.05) is 19.3 Å². The van der Waals surface area contributed by atoms with Crippen molar-refractivity contribution in [2.45, 2.75) is 30.7 Å². The van der Waals surface area contributed by atoms with Crippen LogP contribution in [0.1, 0.15) is 24.7 Å². The highest BCUT2D eigenvalue weighted by molar-refractivity contribution is 7.90. The lowest BCUT2D eigenvalue weighted by Gasteiger charge is -2.23. The number of sulfone groups is 1. The summed E-state index contributed by atoms with van der Waals surface area (Å²) in [5.74, 6) is 1.53. The van der Waals surface area contributed by atoms with Crippen molar-refractivity contribution < 1.29 is 13.2 Å². The molecule has 142 valence electrons. The SMILES string of the molecule is Cc1nc(Oc2ccc(S(C)(=O)=O)cc2)c2cnn(C3CCNCC3)c2n1. The first-order valence-corrected chi connectivity index (χ1v) is 10.7. The van der Waals surface area contributed by atoms with E-state index in [9.17, 15) is 8.42 Å². The molecule has 0 atom stereocenters. The van der Waals surface area contributed by atoms with Gasteiger partial charge in [0.15, 0.2) is 15.5 Å². The number of rotatable bonds is 4. The third-order valence-electron chi connectivity index (χ3n) is 4.65. The van der Waals surface area contributed by atoms with Crippen LogP contribution < -0.4 is 10.1 Å². The largest absolute Gasteiger partial charge is 0.438 e. The van der Waals surface area contributed by atoms with Gasteiger partial charge in [0, 0.05) is 6.26 Å². The molecule has 0 bridgehead atoms. The molecule has 1 N–H and O–H groups in total. The van der Waals surface area contributed by atoms with Crippen LogP contribution in [-0.2, 0) is 9.84 Å². The Labute approximate surface area is 157 Å². The number of nitrogens with one attached hydrogen (secondary N) is 1. The van der Waals surface area contributed by atoms with Gasteiger partial charge < -0.3 is 10.1 Å². The third kappa shape index (κ3) is 3.65. The second kappa shape index (κ2) is 6.90. The second-order valence-corrected chi connectivity index (χ2v) is 8.74. The lowest BCUT2D eigenvalue weighted by Crippen LogP contribution is -2.30. The molecule has 4 rings (SSSR count). The lowest BCUT2D eigenvalue weighted by molar-refractivity contribution is 0.349. The van der Waals surface area contributed by atoms with Gasteiger partial charge in [-0.1, -0.05) is 0 Å². The molecular weight excluding hydrogens is 366 g/mol. The Morgan fingerprint density at radius 1 is 1.15 bits per heavy atom. The van der Waals surface area contributed by atoms with Gasteiger partial charge in [-0.2, -0.15) is 10.1 Å². The number of fused-ring (bicyclic) bond motifs is 1. The molecule has 1 saturated heterocycles. The molecule has 9 heteroatoms. The summed E-state index contributed by atoms with van der Waals surface area (Å²) in [7, 11) is -3.24. The van der Waals surface area contributed by atoms with Crippen molar-refractivity contribution in [3.8, 4) is 11.6 Å². The van der Waals surface area contributed by atoms with E-state index in [0.29, 0.717) is 23.5 Å². The normalized spacial score (nSPS) is 15.9. The van der Waals surface area contributed by atoms with Gasteiger partial charge in [0.25, 0.3) is 0 Å². The molecule has 8 nitrogen and oxygen atoms in total. The Morgan fingerprint density at radius 2 is 1.85 bits per heavy atom. The first kappa shape index (κ1) is 17.9. The summed E-state index contributed by atoms with van der Waals surface area (Å²) >= 11 is 0. The van der Waals surface area contributed by atoms with Gasteiger partial charge >= 0.3 is 0 Å².